The van der Waals surface area contributed by atoms with E-state index < -0.39 is 12.1 Å². The maximum atomic E-state index is 12.2. The van der Waals surface area contributed by atoms with Gasteiger partial charge in [-0.25, -0.2) is 0 Å². The summed E-state index contributed by atoms with van der Waals surface area (Å²) in [4.78, 5) is 24.3. The summed E-state index contributed by atoms with van der Waals surface area (Å²) >= 11 is 0. The van der Waals surface area contributed by atoms with Gasteiger partial charge in [0.1, 0.15) is 6.61 Å². The third kappa shape index (κ3) is 40.1. The summed E-state index contributed by atoms with van der Waals surface area (Å²) in [6.07, 6.45) is 56.9. The van der Waals surface area contributed by atoms with Gasteiger partial charge in [0.25, 0.3) is 0 Å². The van der Waals surface area contributed by atoms with Crippen molar-refractivity contribution in [2.75, 3.05) is 13.2 Å². The average Bonchev–Trinajstić information content (AvgIpc) is 3.15. The minimum Gasteiger partial charge on any atom is -0.462 e. The van der Waals surface area contributed by atoms with Crippen LogP contribution in [0, 0.1) is 0 Å². The third-order valence-corrected chi connectivity index (χ3v) is 8.99. The van der Waals surface area contributed by atoms with Gasteiger partial charge in [0.05, 0.1) is 6.61 Å². The Morgan fingerprint density at radius 3 is 1.29 bits per heavy atom. The molecule has 52 heavy (non-hydrogen) atoms. The highest BCUT2D eigenvalue weighted by molar-refractivity contribution is 5.70. The lowest BCUT2D eigenvalue weighted by Gasteiger charge is -2.15. The van der Waals surface area contributed by atoms with Gasteiger partial charge in [-0.3, -0.25) is 9.59 Å². The van der Waals surface area contributed by atoms with E-state index in [1.807, 2.05) is 12.2 Å². The molecular formula is C47H80O5. The molecule has 0 rings (SSSR count). The highest BCUT2D eigenvalue weighted by Gasteiger charge is 2.15. The zero-order valence-corrected chi connectivity index (χ0v) is 33.8. The number of ether oxygens (including phenoxy) is 2. The van der Waals surface area contributed by atoms with E-state index in [9.17, 15) is 14.7 Å². The Bertz CT molecular complexity index is 957. The second-order valence-electron chi connectivity index (χ2n) is 14.1. The van der Waals surface area contributed by atoms with Gasteiger partial charge in [-0.05, 0) is 77.0 Å². The minimum absolute atomic E-state index is 0.0993. The number of allylic oxidation sites excluding steroid dienone is 12. The molecular weight excluding hydrogens is 645 g/mol. The van der Waals surface area contributed by atoms with Crippen molar-refractivity contribution in [3.8, 4) is 0 Å². The molecule has 0 aromatic heterocycles. The summed E-state index contributed by atoms with van der Waals surface area (Å²) in [5.41, 5.74) is 0. The lowest BCUT2D eigenvalue weighted by Crippen LogP contribution is -2.28. The second kappa shape index (κ2) is 42.8. The maximum absolute atomic E-state index is 12.2. The maximum Gasteiger partial charge on any atom is 0.306 e. The molecule has 0 aliphatic heterocycles. The van der Waals surface area contributed by atoms with Crippen molar-refractivity contribution in [3.05, 3.63) is 72.9 Å². The standard InChI is InChI=1S/C47H80O5/c1-3-5-7-9-11-13-15-17-19-21-23-25-27-29-31-33-35-37-39-41-46(49)51-44-45(43-48)52-47(50)42-40-38-36-34-32-30-28-26-24-22-20-18-16-14-12-10-8-6-4-2/h12,14,17-20,24,26,30,32,36,38,45,48H,3-11,13,15-16,21-23,25,27-29,31,33-35,37,39-44H2,1-2H3/b14-12-,19-17-,20-18-,26-24-,32-30-,38-36-/t45-/m0/s1. The lowest BCUT2D eigenvalue weighted by molar-refractivity contribution is -0.161. The van der Waals surface area contributed by atoms with Crippen LogP contribution >= 0.6 is 0 Å². The van der Waals surface area contributed by atoms with E-state index in [1.54, 1.807) is 0 Å². The van der Waals surface area contributed by atoms with Crippen LogP contribution in [0.25, 0.3) is 0 Å². The van der Waals surface area contributed by atoms with Gasteiger partial charge in [-0.2, -0.15) is 0 Å². The number of hydrogen-bond acceptors (Lipinski definition) is 5. The molecule has 0 amide bonds. The largest absolute Gasteiger partial charge is 0.462 e. The molecule has 0 radical (unpaired) electrons. The van der Waals surface area contributed by atoms with Crippen molar-refractivity contribution in [1.82, 2.24) is 0 Å². The molecule has 0 saturated carbocycles. The van der Waals surface area contributed by atoms with E-state index in [0.29, 0.717) is 12.8 Å². The van der Waals surface area contributed by atoms with Crippen molar-refractivity contribution < 1.29 is 24.2 Å². The summed E-state index contributed by atoms with van der Waals surface area (Å²) in [6.45, 7) is 4.04. The normalized spacial score (nSPS) is 12.9. The first-order valence-electron chi connectivity index (χ1n) is 21.5. The molecule has 0 bridgehead atoms. The Hall–Kier alpha value is -2.66. The van der Waals surface area contributed by atoms with Gasteiger partial charge in [0, 0.05) is 12.8 Å². The fraction of sp³-hybridized carbons (Fsp3) is 0.702. The molecule has 0 aliphatic rings. The average molecular weight is 725 g/mol. The van der Waals surface area contributed by atoms with Crippen LogP contribution in [0.2, 0.25) is 0 Å². The monoisotopic (exact) mass is 725 g/mol. The van der Waals surface area contributed by atoms with Crippen LogP contribution in [0.4, 0.5) is 0 Å². The number of hydrogen-bond donors (Lipinski definition) is 1. The fourth-order valence-corrected chi connectivity index (χ4v) is 5.71. The zero-order chi connectivity index (χ0) is 37.8. The van der Waals surface area contributed by atoms with Crippen LogP contribution in [-0.4, -0.2) is 36.4 Å². The number of rotatable bonds is 38. The number of aliphatic hydroxyl groups excluding tert-OH is 1. The van der Waals surface area contributed by atoms with Gasteiger partial charge in [0.2, 0.25) is 0 Å². The van der Waals surface area contributed by atoms with E-state index >= 15 is 0 Å². The molecule has 5 heteroatoms. The van der Waals surface area contributed by atoms with Crippen LogP contribution in [0.5, 0.6) is 0 Å². The third-order valence-electron chi connectivity index (χ3n) is 8.99. The van der Waals surface area contributed by atoms with Crippen molar-refractivity contribution in [2.45, 2.75) is 200 Å². The van der Waals surface area contributed by atoms with Gasteiger partial charge in [-0.1, -0.05) is 177 Å². The molecule has 5 nitrogen and oxygen atoms in total. The Balaban J connectivity index is 3.67. The molecule has 0 aromatic rings. The molecule has 1 N–H and O–H groups in total. The number of carbonyl (C=O) groups is 2. The SMILES string of the molecule is CCCCC/C=C\C/C=C\C/C=C\C/C=C\C/C=C\CCC(=O)O[C@@H](CO)COC(=O)CCCCCCCCCCC/C=C\CCCCCCCC. The van der Waals surface area contributed by atoms with Crippen LogP contribution in [0.15, 0.2) is 72.9 Å². The zero-order valence-electron chi connectivity index (χ0n) is 33.8. The van der Waals surface area contributed by atoms with E-state index in [1.165, 1.54) is 116 Å². The summed E-state index contributed by atoms with van der Waals surface area (Å²) in [6, 6.07) is 0. The van der Waals surface area contributed by atoms with Crippen LogP contribution in [-0.2, 0) is 19.1 Å². The first-order chi connectivity index (χ1) is 25.6. The summed E-state index contributed by atoms with van der Waals surface area (Å²) in [7, 11) is 0. The van der Waals surface area contributed by atoms with Gasteiger partial charge < -0.3 is 14.6 Å². The van der Waals surface area contributed by atoms with E-state index in [4.69, 9.17) is 9.47 Å². The molecule has 0 heterocycles. The topological polar surface area (TPSA) is 72.8 Å². The van der Waals surface area contributed by atoms with Crippen molar-refractivity contribution in [3.63, 3.8) is 0 Å². The first-order valence-corrected chi connectivity index (χ1v) is 21.5. The predicted molar refractivity (Wildman–Crippen MR) is 223 cm³/mol. The summed E-state index contributed by atoms with van der Waals surface area (Å²) in [5.74, 6) is -0.691. The van der Waals surface area contributed by atoms with Gasteiger partial charge >= 0.3 is 11.9 Å². The smallest absolute Gasteiger partial charge is 0.306 e. The number of esters is 2. The van der Waals surface area contributed by atoms with E-state index in [2.05, 4.69) is 74.6 Å². The van der Waals surface area contributed by atoms with Gasteiger partial charge in [0.15, 0.2) is 6.10 Å². The Kier molecular flexibility index (Phi) is 40.6. The van der Waals surface area contributed by atoms with Crippen molar-refractivity contribution in [2.24, 2.45) is 0 Å². The first kappa shape index (κ1) is 49.3. The summed E-state index contributed by atoms with van der Waals surface area (Å²) < 4.78 is 10.6. The number of unbranched alkanes of at least 4 members (excludes halogenated alkanes) is 18. The minimum atomic E-state index is -0.815. The molecule has 0 fully saturated rings. The quantitative estimate of drug-likeness (QED) is 0.0390. The Morgan fingerprint density at radius 1 is 0.442 bits per heavy atom. The van der Waals surface area contributed by atoms with Crippen LogP contribution < -0.4 is 0 Å². The van der Waals surface area contributed by atoms with Crippen molar-refractivity contribution in [1.29, 1.82) is 0 Å². The highest BCUT2D eigenvalue weighted by Crippen LogP contribution is 2.13. The molecule has 298 valence electrons. The van der Waals surface area contributed by atoms with Crippen LogP contribution in [0.1, 0.15) is 194 Å². The fourth-order valence-electron chi connectivity index (χ4n) is 5.71. The molecule has 0 unspecified atom stereocenters. The predicted octanol–water partition coefficient (Wildman–Crippen LogP) is 13.7. The second-order valence-corrected chi connectivity index (χ2v) is 14.1. The Morgan fingerprint density at radius 2 is 0.808 bits per heavy atom. The van der Waals surface area contributed by atoms with Gasteiger partial charge in [-0.15, -0.1) is 0 Å². The van der Waals surface area contributed by atoms with E-state index in [0.717, 1.165) is 44.9 Å². The van der Waals surface area contributed by atoms with E-state index in [-0.39, 0.29) is 25.6 Å². The molecule has 0 saturated heterocycles. The number of aliphatic hydroxyl groups is 1. The van der Waals surface area contributed by atoms with Crippen LogP contribution in [0.3, 0.4) is 0 Å². The Labute approximate surface area is 321 Å². The lowest BCUT2D eigenvalue weighted by atomic mass is 10.1. The molecule has 0 aromatic carbocycles. The number of carbonyl (C=O) groups excluding carboxylic acids is 2. The van der Waals surface area contributed by atoms with Crippen molar-refractivity contribution >= 4 is 11.9 Å². The molecule has 0 spiro atoms. The molecule has 0 aliphatic carbocycles. The summed E-state index contributed by atoms with van der Waals surface area (Å²) in [5, 5.41) is 9.56. The highest BCUT2D eigenvalue weighted by atomic mass is 16.6. The molecule has 1 atom stereocenters.